The molecule has 0 radical (unpaired) electrons. The molecule has 0 saturated carbocycles. The zero-order valence-electron chi connectivity index (χ0n) is 13.0. The highest BCUT2D eigenvalue weighted by atomic mass is 32.2. The number of carbonyl (C=O) groups is 1. The van der Waals surface area contributed by atoms with Gasteiger partial charge in [-0.1, -0.05) is 17.3 Å². The molecule has 1 N–H and O–H groups in total. The predicted octanol–water partition coefficient (Wildman–Crippen LogP) is 1.15. The summed E-state index contributed by atoms with van der Waals surface area (Å²) in [6.07, 6.45) is 0. The fraction of sp³-hybridized carbons (Fsp3) is 0.267. The number of aromatic nitrogens is 1. The largest absolute Gasteiger partial charge is 0.457 e. The Labute approximate surface area is 138 Å². The van der Waals surface area contributed by atoms with Crippen molar-refractivity contribution in [1.29, 1.82) is 0 Å². The zero-order chi connectivity index (χ0) is 17.3. The predicted molar refractivity (Wildman–Crippen MR) is 83.8 cm³/mol. The summed E-state index contributed by atoms with van der Waals surface area (Å²) in [5.74, 6) is 0.158. The molecule has 0 amide bonds. The maximum atomic E-state index is 12.0. The van der Waals surface area contributed by atoms with Gasteiger partial charge < -0.3 is 9.26 Å². The molecule has 0 spiro atoms. The number of nitrogens with one attached hydrogen (secondary N) is 1. The van der Waals surface area contributed by atoms with Gasteiger partial charge in [0.1, 0.15) is 29.9 Å². The summed E-state index contributed by atoms with van der Waals surface area (Å²) >= 11 is 0. The summed E-state index contributed by atoms with van der Waals surface area (Å²) in [5, 5.41) is 3.72. The third-order valence-electron chi connectivity index (χ3n) is 3.37. The molecule has 8 nitrogen and oxygen atoms in total. The molecule has 0 aliphatic carbocycles. The lowest BCUT2D eigenvalue weighted by Gasteiger charge is -2.07. The number of amidine groups is 1. The second-order valence-electron chi connectivity index (χ2n) is 5.29. The van der Waals surface area contributed by atoms with Crippen LogP contribution in [0.15, 0.2) is 44.7 Å². The van der Waals surface area contributed by atoms with E-state index in [4.69, 9.17) is 9.26 Å². The van der Waals surface area contributed by atoms with Crippen LogP contribution in [0.2, 0.25) is 0 Å². The van der Waals surface area contributed by atoms with E-state index in [2.05, 4.69) is 14.9 Å². The number of aryl methyl sites for hydroxylation is 1. The van der Waals surface area contributed by atoms with Crippen LogP contribution in [0.5, 0.6) is 0 Å². The van der Waals surface area contributed by atoms with Gasteiger partial charge in [-0.15, -0.1) is 0 Å². The van der Waals surface area contributed by atoms with Crippen molar-refractivity contribution in [2.24, 2.45) is 4.99 Å². The van der Waals surface area contributed by atoms with Crippen molar-refractivity contribution < 1.29 is 22.5 Å². The molecule has 2 heterocycles. The molecular formula is C15H15N3O5S. The molecule has 1 atom stereocenters. The van der Waals surface area contributed by atoms with E-state index in [0.717, 1.165) is 0 Å². The van der Waals surface area contributed by atoms with Gasteiger partial charge in [0.15, 0.2) is 0 Å². The fourth-order valence-corrected chi connectivity index (χ4v) is 3.47. The maximum Gasteiger partial charge on any atom is 0.331 e. The van der Waals surface area contributed by atoms with Crippen LogP contribution in [0.4, 0.5) is 0 Å². The number of ether oxygens (including phenoxy) is 1. The monoisotopic (exact) mass is 349 g/mol. The Kier molecular flexibility index (Phi) is 4.10. The fourth-order valence-electron chi connectivity index (χ4n) is 2.23. The molecule has 1 aliphatic heterocycles. The van der Waals surface area contributed by atoms with Crippen molar-refractivity contribution in [2.75, 3.05) is 0 Å². The standard InChI is InChI=1S/C15H15N3O5S/c1-9-7-11(17-23-9)8-22-15(19)10(2)16-14-12-5-3-4-6-13(12)24(20,21)18-14/h3-7,10H,8H2,1-2H3,(H,16,18)/t10-/m0/s1. The maximum absolute atomic E-state index is 12.0. The van der Waals surface area contributed by atoms with Crippen molar-refractivity contribution >= 4 is 21.8 Å². The first-order chi connectivity index (χ1) is 11.4. The van der Waals surface area contributed by atoms with Gasteiger partial charge in [0.2, 0.25) is 0 Å². The van der Waals surface area contributed by atoms with Gasteiger partial charge in [-0.05, 0) is 26.0 Å². The molecule has 1 aliphatic rings. The van der Waals surface area contributed by atoms with E-state index in [0.29, 0.717) is 17.0 Å². The smallest absolute Gasteiger partial charge is 0.331 e. The summed E-state index contributed by atoms with van der Waals surface area (Å²) in [7, 11) is -3.63. The lowest BCUT2D eigenvalue weighted by atomic mass is 10.2. The molecule has 0 unspecified atom stereocenters. The molecule has 2 aromatic rings. The van der Waals surface area contributed by atoms with Crippen LogP contribution in [-0.2, 0) is 26.2 Å². The second kappa shape index (κ2) is 6.08. The highest BCUT2D eigenvalue weighted by molar-refractivity contribution is 7.90. The Balaban J connectivity index is 1.73. The molecule has 0 bridgehead atoms. The van der Waals surface area contributed by atoms with E-state index in [1.807, 2.05) is 0 Å². The molecule has 9 heteroatoms. The molecule has 3 rings (SSSR count). The third-order valence-corrected chi connectivity index (χ3v) is 4.76. The summed E-state index contributed by atoms with van der Waals surface area (Å²) in [6.45, 7) is 3.23. The van der Waals surface area contributed by atoms with Crippen molar-refractivity contribution in [3.8, 4) is 0 Å². The Morgan fingerprint density at radius 3 is 2.88 bits per heavy atom. The van der Waals surface area contributed by atoms with Crippen molar-refractivity contribution in [3.63, 3.8) is 0 Å². The molecule has 0 saturated heterocycles. The van der Waals surface area contributed by atoms with Crippen molar-refractivity contribution in [1.82, 2.24) is 9.88 Å². The third kappa shape index (κ3) is 3.16. The van der Waals surface area contributed by atoms with Gasteiger partial charge in [0.25, 0.3) is 10.0 Å². The summed E-state index contributed by atoms with van der Waals surface area (Å²) < 4.78 is 36.3. The number of hydrogen-bond donors (Lipinski definition) is 1. The average molecular weight is 349 g/mol. The van der Waals surface area contributed by atoms with Crippen LogP contribution in [0, 0.1) is 6.92 Å². The SMILES string of the molecule is Cc1cc(COC(=O)[C@H](C)N=C2NS(=O)(=O)c3ccccc32)no1. The van der Waals surface area contributed by atoms with E-state index in [9.17, 15) is 13.2 Å². The Hall–Kier alpha value is -2.68. The minimum Gasteiger partial charge on any atom is -0.457 e. The van der Waals surface area contributed by atoms with Crippen LogP contribution in [-0.4, -0.2) is 31.4 Å². The number of carbonyl (C=O) groups excluding carboxylic acids is 1. The lowest BCUT2D eigenvalue weighted by molar-refractivity contribution is -0.146. The Morgan fingerprint density at radius 1 is 1.42 bits per heavy atom. The zero-order valence-corrected chi connectivity index (χ0v) is 13.8. The first-order valence-corrected chi connectivity index (χ1v) is 8.64. The van der Waals surface area contributed by atoms with Crippen molar-refractivity contribution in [3.05, 3.63) is 47.3 Å². The van der Waals surface area contributed by atoms with Gasteiger partial charge >= 0.3 is 5.97 Å². The highest BCUT2D eigenvalue weighted by Gasteiger charge is 2.31. The average Bonchev–Trinajstić information content (AvgIpc) is 3.07. The van der Waals surface area contributed by atoms with Gasteiger partial charge in [0, 0.05) is 11.6 Å². The first-order valence-electron chi connectivity index (χ1n) is 7.15. The molecule has 1 aromatic carbocycles. The quantitative estimate of drug-likeness (QED) is 0.829. The Morgan fingerprint density at radius 2 is 2.17 bits per heavy atom. The summed E-state index contributed by atoms with van der Waals surface area (Å²) in [5.41, 5.74) is 0.928. The highest BCUT2D eigenvalue weighted by Crippen LogP contribution is 2.22. The Bertz CT molecular complexity index is 917. The number of rotatable bonds is 4. The van der Waals surface area contributed by atoms with Crippen molar-refractivity contribution in [2.45, 2.75) is 31.4 Å². The van der Waals surface area contributed by atoms with E-state index < -0.39 is 22.0 Å². The van der Waals surface area contributed by atoms with Crippen LogP contribution in [0.1, 0.15) is 23.9 Å². The van der Waals surface area contributed by atoms with E-state index >= 15 is 0 Å². The number of aliphatic imine (C=N–C) groups is 1. The molecular weight excluding hydrogens is 334 g/mol. The molecule has 126 valence electrons. The van der Waals surface area contributed by atoms with Crippen LogP contribution >= 0.6 is 0 Å². The minimum absolute atomic E-state index is 0.0340. The molecule has 0 fully saturated rings. The number of hydrogen-bond acceptors (Lipinski definition) is 7. The normalized spacial score (nSPS) is 18.0. The van der Waals surface area contributed by atoms with Gasteiger partial charge in [-0.2, -0.15) is 0 Å². The van der Waals surface area contributed by atoms with Gasteiger partial charge in [-0.3, -0.25) is 9.71 Å². The molecule has 24 heavy (non-hydrogen) atoms. The number of sulfonamides is 1. The summed E-state index contributed by atoms with van der Waals surface area (Å²) in [6, 6.07) is 7.22. The van der Waals surface area contributed by atoms with E-state index in [1.54, 1.807) is 31.2 Å². The number of esters is 1. The second-order valence-corrected chi connectivity index (χ2v) is 6.94. The van der Waals surface area contributed by atoms with E-state index in [1.165, 1.54) is 13.0 Å². The van der Waals surface area contributed by atoms with Gasteiger partial charge in [-0.25, -0.2) is 13.2 Å². The van der Waals surface area contributed by atoms with E-state index in [-0.39, 0.29) is 17.3 Å². The number of benzene rings is 1. The number of nitrogens with zero attached hydrogens (tertiary/aromatic N) is 2. The lowest BCUT2D eigenvalue weighted by Crippen LogP contribution is -2.26. The summed E-state index contributed by atoms with van der Waals surface area (Å²) in [4.78, 5) is 16.3. The van der Waals surface area contributed by atoms with Crippen LogP contribution < -0.4 is 4.72 Å². The van der Waals surface area contributed by atoms with Crippen LogP contribution in [0.25, 0.3) is 0 Å². The van der Waals surface area contributed by atoms with Gasteiger partial charge in [0.05, 0.1) is 4.90 Å². The first kappa shape index (κ1) is 16.2. The van der Waals surface area contributed by atoms with Crippen LogP contribution in [0.3, 0.4) is 0 Å². The number of fused-ring (bicyclic) bond motifs is 1. The molecule has 1 aromatic heterocycles. The minimum atomic E-state index is -3.63. The topological polar surface area (TPSA) is 111 Å².